The van der Waals surface area contributed by atoms with E-state index in [2.05, 4.69) is 4.72 Å². The molecule has 0 heterocycles. The van der Waals surface area contributed by atoms with Crippen molar-refractivity contribution >= 4 is 21.7 Å². The molecule has 8 heteroatoms. The summed E-state index contributed by atoms with van der Waals surface area (Å²) in [6.07, 6.45) is 0. The number of sulfonamides is 1. The highest BCUT2D eigenvalue weighted by atomic mass is 32.2. The lowest BCUT2D eigenvalue weighted by molar-refractivity contribution is 0.0692. The minimum atomic E-state index is -3.86. The van der Waals surface area contributed by atoms with Gasteiger partial charge in [-0.15, -0.1) is 0 Å². The zero-order chi connectivity index (χ0) is 14.6. The van der Waals surface area contributed by atoms with Crippen molar-refractivity contribution in [2.45, 2.75) is 4.90 Å². The quantitative estimate of drug-likeness (QED) is 0.625. The molecule has 0 spiro atoms. The van der Waals surface area contributed by atoms with Gasteiger partial charge in [0.25, 0.3) is 0 Å². The lowest BCUT2D eigenvalue weighted by Gasteiger charge is -2.12. The van der Waals surface area contributed by atoms with E-state index in [1.165, 1.54) is 12.1 Å². The average molecular weight is 287 g/mol. The van der Waals surface area contributed by atoms with Gasteiger partial charge in [-0.2, -0.15) is 0 Å². The number of benzene rings is 1. The fourth-order valence-corrected chi connectivity index (χ4v) is 2.63. The summed E-state index contributed by atoms with van der Waals surface area (Å²) in [5, 5.41) is 9.01. The zero-order valence-corrected chi connectivity index (χ0v) is 11.6. The summed E-state index contributed by atoms with van der Waals surface area (Å²) < 4.78 is 26.4. The van der Waals surface area contributed by atoms with Crippen LogP contribution in [-0.4, -0.2) is 51.6 Å². The Morgan fingerprint density at radius 2 is 2.05 bits per heavy atom. The van der Waals surface area contributed by atoms with Crippen LogP contribution in [-0.2, 0) is 10.0 Å². The molecule has 0 aliphatic carbocycles. The number of carboxylic acid groups (broad SMARTS) is 1. The van der Waals surface area contributed by atoms with Crippen LogP contribution in [0, 0.1) is 0 Å². The number of nitrogen functional groups attached to an aromatic ring is 1. The Kier molecular flexibility index (Phi) is 4.87. The van der Waals surface area contributed by atoms with Gasteiger partial charge in [0.05, 0.1) is 10.5 Å². The molecule has 106 valence electrons. The minimum Gasteiger partial charge on any atom is -0.478 e. The second-order valence-electron chi connectivity index (χ2n) is 4.26. The number of hydrogen-bond donors (Lipinski definition) is 3. The first-order valence-corrected chi connectivity index (χ1v) is 6.99. The fourth-order valence-electron chi connectivity index (χ4n) is 1.43. The molecule has 0 aromatic heterocycles. The summed E-state index contributed by atoms with van der Waals surface area (Å²) in [7, 11) is -0.250. The smallest absolute Gasteiger partial charge is 0.337 e. The Morgan fingerprint density at radius 1 is 1.42 bits per heavy atom. The summed E-state index contributed by atoms with van der Waals surface area (Å²) in [4.78, 5) is 12.6. The number of nitrogens with one attached hydrogen (secondary N) is 1. The van der Waals surface area contributed by atoms with Gasteiger partial charge >= 0.3 is 5.97 Å². The first-order chi connectivity index (χ1) is 8.74. The van der Waals surface area contributed by atoms with Gasteiger partial charge < -0.3 is 15.7 Å². The van der Waals surface area contributed by atoms with E-state index in [1.54, 1.807) is 14.1 Å². The monoisotopic (exact) mass is 287 g/mol. The highest BCUT2D eigenvalue weighted by Gasteiger charge is 2.22. The zero-order valence-electron chi connectivity index (χ0n) is 10.8. The molecule has 0 amide bonds. The Labute approximate surface area is 112 Å². The number of rotatable bonds is 6. The van der Waals surface area contributed by atoms with Crippen LogP contribution in [0.1, 0.15) is 10.4 Å². The average Bonchev–Trinajstić information content (AvgIpc) is 2.27. The number of anilines is 1. The predicted molar refractivity (Wildman–Crippen MR) is 71.6 cm³/mol. The van der Waals surface area contributed by atoms with E-state index in [9.17, 15) is 13.2 Å². The van der Waals surface area contributed by atoms with Crippen molar-refractivity contribution in [3.8, 4) is 0 Å². The molecule has 0 fully saturated rings. The van der Waals surface area contributed by atoms with Gasteiger partial charge in [-0.25, -0.2) is 17.9 Å². The molecule has 4 N–H and O–H groups in total. The topological polar surface area (TPSA) is 113 Å². The lowest BCUT2D eigenvalue weighted by atomic mass is 10.2. The molecule has 0 saturated carbocycles. The van der Waals surface area contributed by atoms with Gasteiger partial charge in [0.15, 0.2) is 0 Å². The summed E-state index contributed by atoms with van der Waals surface area (Å²) in [6.45, 7) is 0.704. The van der Waals surface area contributed by atoms with Crippen molar-refractivity contribution in [1.82, 2.24) is 9.62 Å². The molecule has 0 saturated heterocycles. The standard InChI is InChI=1S/C11H17N3O4S/c1-14(2)6-5-13-19(17,18)10-4-3-8(12)7-9(10)11(15)16/h3-4,7,13H,5-6,12H2,1-2H3,(H,15,16). The van der Waals surface area contributed by atoms with Crippen LogP contribution in [0.5, 0.6) is 0 Å². The van der Waals surface area contributed by atoms with Gasteiger partial charge in [-0.1, -0.05) is 0 Å². The van der Waals surface area contributed by atoms with Crippen LogP contribution in [0.4, 0.5) is 5.69 Å². The summed E-state index contributed by atoms with van der Waals surface area (Å²) in [6, 6.07) is 3.67. The fraction of sp³-hybridized carbons (Fsp3) is 0.364. The van der Waals surface area contributed by atoms with E-state index in [-0.39, 0.29) is 22.7 Å². The van der Waals surface area contributed by atoms with Crippen LogP contribution in [0.2, 0.25) is 0 Å². The Hall–Kier alpha value is -1.64. The highest BCUT2D eigenvalue weighted by molar-refractivity contribution is 7.89. The maximum Gasteiger partial charge on any atom is 0.337 e. The van der Waals surface area contributed by atoms with Crippen molar-refractivity contribution in [3.63, 3.8) is 0 Å². The largest absolute Gasteiger partial charge is 0.478 e. The maximum absolute atomic E-state index is 12.0. The van der Waals surface area contributed by atoms with Crippen LogP contribution < -0.4 is 10.5 Å². The summed E-state index contributed by atoms with van der Waals surface area (Å²) >= 11 is 0. The number of nitrogens with zero attached hydrogens (tertiary/aromatic N) is 1. The Balaban J connectivity index is 3.04. The first-order valence-electron chi connectivity index (χ1n) is 5.51. The first kappa shape index (κ1) is 15.4. The molecule has 1 rings (SSSR count). The molecule has 1 aromatic rings. The van der Waals surface area contributed by atoms with Crippen molar-refractivity contribution in [3.05, 3.63) is 23.8 Å². The van der Waals surface area contributed by atoms with Crippen molar-refractivity contribution in [2.24, 2.45) is 0 Å². The van der Waals surface area contributed by atoms with Gasteiger partial charge in [0.1, 0.15) is 0 Å². The van der Waals surface area contributed by atoms with E-state index >= 15 is 0 Å². The van der Waals surface area contributed by atoms with E-state index in [4.69, 9.17) is 10.8 Å². The molecular weight excluding hydrogens is 270 g/mol. The van der Waals surface area contributed by atoms with Gasteiger partial charge in [-0.05, 0) is 32.3 Å². The van der Waals surface area contributed by atoms with Gasteiger partial charge in [-0.3, -0.25) is 0 Å². The third kappa shape index (κ3) is 4.19. The molecule has 0 aliphatic heterocycles. The van der Waals surface area contributed by atoms with Crippen LogP contribution >= 0.6 is 0 Å². The third-order valence-electron chi connectivity index (χ3n) is 2.37. The normalized spacial score (nSPS) is 11.7. The number of carbonyl (C=O) groups is 1. The van der Waals surface area contributed by atoms with Crippen LogP contribution in [0.15, 0.2) is 23.1 Å². The molecule has 1 aromatic carbocycles. The molecule has 0 radical (unpaired) electrons. The second kappa shape index (κ2) is 6.00. The molecule has 0 atom stereocenters. The number of aromatic carboxylic acids is 1. The number of hydrogen-bond acceptors (Lipinski definition) is 5. The van der Waals surface area contributed by atoms with E-state index in [1.807, 2.05) is 4.90 Å². The van der Waals surface area contributed by atoms with Crippen LogP contribution in [0.3, 0.4) is 0 Å². The summed E-state index contributed by atoms with van der Waals surface area (Å²) in [5.74, 6) is -1.33. The molecule has 19 heavy (non-hydrogen) atoms. The minimum absolute atomic E-state index is 0.193. The highest BCUT2D eigenvalue weighted by Crippen LogP contribution is 2.18. The summed E-state index contributed by atoms with van der Waals surface area (Å²) in [5.41, 5.74) is 5.33. The molecule has 0 unspecified atom stereocenters. The Bertz CT molecular complexity index is 569. The molecule has 0 aliphatic rings. The van der Waals surface area contributed by atoms with Gasteiger partial charge in [0.2, 0.25) is 10.0 Å². The second-order valence-corrected chi connectivity index (χ2v) is 6.00. The van der Waals surface area contributed by atoms with Crippen molar-refractivity contribution in [2.75, 3.05) is 32.9 Å². The number of nitrogens with two attached hydrogens (primary N) is 1. The van der Waals surface area contributed by atoms with Crippen LogP contribution in [0.25, 0.3) is 0 Å². The Morgan fingerprint density at radius 3 is 2.58 bits per heavy atom. The molecule has 0 bridgehead atoms. The third-order valence-corrected chi connectivity index (χ3v) is 3.89. The lowest BCUT2D eigenvalue weighted by Crippen LogP contribution is -2.32. The molecule has 7 nitrogen and oxygen atoms in total. The number of likely N-dealkylation sites (N-methyl/N-ethyl adjacent to an activating group) is 1. The van der Waals surface area contributed by atoms with E-state index < -0.39 is 16.0 Å². The van der Waals surface area contributed by atoms with Crippen molar-refractivity contribution < 1.29 is 18.3 Å². The SMILES string of the molecule is CN(C)CCNS(=O)(=O)c1ccc(N)cc1C(=O)O. The molecular formula is C11H17N3O4S. The number of carboxylic acids is 1. The predicted octanol–water partition coefficient (Wildman–Crippen LogP) is -0.193. The maximum atomic E-state index is 12.0. The van der Waals surface area contributed by atoms with E-state index in [0.717, 1.165) is 6.07 Å². The van der Waals surface area contributed by atoms with Crippen molar-refractivity contribution in [1.29, 1.82) is 0 Å². The van der Waals surface area contributed by atoms with E-state index in [0.29, 0.717) is 6.54 Å². The van der Waals surface area contributed by atoms with Gasteiger partial charge in [0, 0.05) is 18.8 Å².